The van der Waals surface area contributed by atoms with Gasteiger partial charge in [-0.3, -0.25) is 20.4 Å². The van der Waals surface area contributed by atoms with E-state index >= 15 is 0 Å². The molecule has 1 heterocycles. The van der Waals surface area contributed by atoms with Crippen LogP contribution in [0.5, 0.6) is 5.75 Å². The lowest BCUT2D eigenvalue weighted by Gasteiger charge is -2.08. The van der Waals surface area contributed by atoms with Crippen molar-refractivity contribution in [1.29, 1.82) is 0 Å². The zero-order chi connectivity index (χ0) is 19.2. The first kappa shape index (κ1) is 18.9. The minimum Gasteiger partial charge on any atom is -0.487 e. The fraction of sp³-hybridized carbons (Fsp3) is 0.105. The van der Waals surface area contributed by atoms with Gasteiger partial charge in [-0.2, -0.15) is 0 Å². The lowest BCUT2D eigenvalue weighted by Crippen LogP contribution is -2.41. The minimum absolute atomic E-state index is 0.368. The highest BCUT2D eigenvalue weighted by atomic mass is 35.5. The molecule has 27 heavy (non-hydrogen) atoms. The molecule has 0 atom stereocenters. The van der Waals surface area contributed by atoms with Crippen LogP contribution in [0.3, 0.4) is 0 Å². The van der Waals surface area contributed by atoms with Crippen LogP contribution in [0.4, 0.5) is 0 Å². The van der Waals surface area contributed by atoms with Crippen LogP contribution in [-0.4, -0.2) is 16.8 Å². The van der Waals surface area contributed by atoms with Crippen LogP contribution < -0.4 is 15.6 Å². The number of aromatic nitrogens is 1. The standard InChI is InChI=1S/C19H16ClN3O3S/c1-12-21-16(11-27-12)10-26-17-8-4-14(5-9-17)19(25)23-22-18(24)13-2-6-15(20)7-3-13/h2-9,11H,10H2,1H3,(H,22,24)(H,23,25). The van der Waals surface area contributed by atoms with Gasteiger partial charge in [0.1, 0.15) is 12.4 Å². The maximum atomic E-state index is 12.1. The first-order valence-electron chi connectivity index (χ1n) is 8.01. The van der Waals surface area contributed by atoms with Gasteiger partial charge < -0.3 is 4.74 Å². The molecule has 0 saturated heterocycles. The number of benzene rings is 2. The number of nitrogens with one attached hydrogen (secondary N) is 2. The van der Waals surface area contributed by atoms with Crippen LogP contribution in [0.15, 0.2) is 53.9 Å². The maximum Gasteiger partial charge on any atom is 0.269 e. The number of carbonyl (C=O) groups excluding carboxylic acids is 2. The smallest absolute Gasteiger partial charge is 0.269 e. The number of ether oxygens (including phenoxy) is 1. The van der Waals surface area contributed by atoms with Crippen molar-refractivity contribution in [3.63, 3.8) is 0 Å². The van der Waals surface area contributed by atoms with Crippen LogP contribution in [0.2, 0.25) is 5.02 Å². The molecule has 3 aromatic rings. The Kier molecular flexibility index (Phi) is 6.05. The van der Waals surface area contributed by atoms with E-state index in [9.17, 15) is 9.59 Å². The lowest BCUT2D eigenvalue weighted by atomic mass is 10.2. The zero-order valence-electron chi connectivity index (χ0n) is 14.4. The SMILES string of the molecule is Cc1nc(COc2ccc(C(=O)NNC(=O)c3ccc(Cl)cc3)cc2)cs1. The second-order valence-corrected chi connectivity index (χ2v) is 7.08. The van der Waals surface area contributed by atoms with Gasteiger partial charge in [-0.25, -0.2) is 4.98 Å². The van der Waals surface area contributed by atoms with E-state index in [0.717, 1.165) is 10.7 Å². The van der Waals surface area contributed by atoms with Gasteiger partial charge in [0.2, 0.25) is 0 Å². The van der Waals surface area contributed by atoms with Crippen molar-refractivity contribution >= 4 is 34.8 Å². The molecule has 0 radical (unpaired) electrons. The number of halogens is 1. The first-order chi connectivity index (χ1) is 13.0. The average Bonchev–Trinajstić information content (AvgIpc) is 3.10. The van der Waals surface area contributed by atoms with Crippen molar-refractivity contribution in [2.45, 2.75) is 13.5 Å². The topological polar surface area (TPSA) is 80.3 Å². The summed E-state index contributed by atoms with van der Waals surface area (Å²) in [6, 6.07) is 13.0. The molecule has 0 saturated carbocycles. The number of hydrogen-bond donors (Lipinski definition) is 2. The third kappa shape index (κ3) is 5.29. The van der Waals surface area contributed by atoms with Gasteiger partial charge in [-0.1, -0.05) is 11.6 Å². The monoisotopic (exact) mass is 401 g/mol. The van der Waals surface area contributed by atoms with E-state index in [-0.39, 0.29) is 0 Å². The van der Waals surface area contributed by atoms with Crippen molar-refractivity contribution in [3.05, 3.63) is 80.8 Å². The van der Waals surface area contributed by atoms with Crippen molar-refractivity contribution in [2.75, 3.05) is 0 Å². The molecule has 2 aromatic carbocycles. The molecule has 0 fully saturated rings. The number of nitrogens with zero attached hydrogens (tertiary/aromatic N) is 1. The van der Waals surface area contributed by atoms with Gasteiger partial charge >= 0.3 is 0 Å². The van der Waals surface area contributed by atoms with Crippen LogP contribution in [0, 0.1) is 6.92 Å². The minimum atomic E-state index is -0.432. The van der Waals surface area contributed by atoms with Gasteiger partial charge in [0.05, 0.1) is 10.7 Å². The number of aryl methyl sites for hydroxylation is 1. The molecule has 1 aromatic heterocycles. The quantitative estimate of drug-likeness (QED) is 0.638. The summed E-state index contributed by atoms with van der Waals surface area (Å²) < 4.78 is 5.64. The largest absolute Gasteiger partial charge is 0.487 e. The molecule has 0 aliphatic rings. The number of rotatable bonds is 5. The maximum absolute atomic E-state index is 12.1. The Balaban J connectivity index is 1.51. The molecule has 2 N–H and O–H groups in total. The molecule has 6 nitrogen and oxygen atoms in total. The summed E-state index contributed by atoms with van der Waals surface area (Å²) in [5.74, 6) is -0.236. The summed E-state index contributed by atoms with van der Waals surface area (Å²) in [6.45, 7) is 2.31. The number of carbonyl (C=O) groups is 2. The van der Waals surface area contributed by atoms with E-state index in [1.54, 1.807) is 59.9 Å². The van der Waals surface area contributed by atoms with Crippen LogP contribution >= 0.6 is 22.9 Å². The summed E-state index contributed by atoms with van der Waals surface area (Å²) in [6.07, 6.45) is 0. The zero-order valence-corrected chi connectivity index (χ0v) is 15.9. The van der Waals surface area contributed by atoms with Gasteiger partial charge in [0.15, 0.2) is 0 Å². The molecule has 3 rings (SSSR count). The van der Waals surface area contributed by atoms with E-state index in [2.05, 4.69) is 15.8 Å². The molecule has 0 spiro atoms. The number of amides is 2. The molecule has 2 amide bonds. The van der Waals surface area contributed by atoms with E-state index < -0.39 is 11.8 Å². The van der Waals surface area contributed by atoms with E-state index in [4.69, 9.17) is 16.3 Å². The average molecular weight is 402 g/mol. The predicted molar refractivity (Wildman–Crippen MR) is 104 cm³/mol. The highest BCUT2D eigenvalue weighted by Crippen LogP contribution is 2.15. The summed E-state index contributed by atoms with van der Waals surface area (Å²) in [5, 5.41) is 3.46. The van der Waals surface area contributed by atoms with Crippen molar-refractivity contribution in [3.8, 4) is 5.75 Å². The predicted octanol–water partition coefficient (Wildman–Crippen LogP) is 3.76. The van der Waals surface area contributed by atoms with Gasteiger partial charge in [0.25, 0.3) is 11.8 Å². The first-order valence-corrected chi connectivity index (χ1v) is 9.27. The molecular weight excluding hydrogens is 386 g/mol. The molecular formula is C19H16ClN3O3S. The highest BCUT2D eigenvalue weighted by Gasteiger charge is 2.09. The second-order valence-electron chi connectivity index (χ2n) is 5.59. The molecule has 0 aliphatic heterocycles. The number of hydrazine groups is 1. The summed E-state index contributed by atoms with van der Waals surface area (Å²) in [4.78, 5) is 28.4. The Morgan fingerprint density at radius 3 is 2.07 bits per heavy atom. The van der Waals surface area contributed by atoms with Crippen molar-refractivity contribution < 1.29 is 14.3 Å². The number of thiazole rings is 1. The van der Waals surface area contributed by atoms with Crippen LogP contribution in [0.25, 0.3) is 0 Å². The van der Waals surface area contributed by atoms with Gasteiger partial charge in [0, 0.05) is 21.5 Å². The molecule has 0 aliphatic carbocycles. The van der Waals surface area contributed by atoms with Crippen molar-refractivity contribution in [2.24, 2.45) is 0 Å². The highest BCUT2D eigenvalue weighted by molar-refractivity contribution is 7.09. The normalized spacial score (nSPS) is 10.3. The van der Waals surface area contributed by atoms with Crippen LogP contribution in [-0.2, 0) is 6.61 Å². The Hall–Kier alpha value is -2.90. The number of hydrogen-bond acceptors (Lipinski definition) is 5. The third-order valence-corrected chi connectivity index (χ3v) is 4.64. The second kappa shape index (κ2) is 8.66. The summed E-state index contributed by atoms with van der Waals surface area (Å²) in [5.41, 5.74) is 6.38. The summed E-state index contributed by atoms with van der Waals surface area (Å²) >= 11 is 7.35. The Morgan fingerprint density at radius 2 is 1.56 bits per heavy atom. The fourth-order valence-corrected chi connectivity index (χ4v) is 2.92. The lowest BCUT2D eigenvalue weighted by molar-refractivity contribution is 0.0846. The third-order valence-electron chi connectivity index (χ3n) is 3.57. The van der Waals surface area contributed by atoms with Gasteiger partial charge in [-0.15, -0.1) is 11.3 Å². The molecule has 8 heteroatoms. The van der Waals surface area contributed by atoms with Crippen molar-refractivity contribution in [1.82, 2.24) is 15.8 Å². The summed E-state index contributed by atoms with van der Waals surface area (Å²) in [7, 11) is 0. The Bertz CT molecular complexity index is 940. The van der Waals surface area contributed by atoms with E-state index in [1.807, 2.05) is 12.3 Å². The Morgan fingerprint density at radius 1 is 1.00 bits per heavy atom. The Labute approximate surface area is 165 Å². The fourth-order valence-electron chi connectivity index (χ4n) is 2.19. The molecule has 0 bridgehead atoms. The molecule has 0 unspecified atom stereocenters. The van der Waals surface area contributed by atoms with E-state index in [1.165, 1.54) is 0 Å². The van der Waals surface area contributed by atoms with Crippen LogP contribution in [0.1, 0.15) is 31.4 Å². The van der Waals surface area contributed by atoms with Gasteiger partial charge in [-0.05, 0) is 55.5 Å². The van der Waals surface area contributed by atoms with E-state index in [0.29, 0.717) is 28.5 Å². The molecule has 138 valence electrons.